The van der Waals surface area contributed by atoms with Crippen LogP contribution in [0.3, 0.4) is 0 Å². The van der Waals surface area contributed by atoms with E-state index in [1.807, 2.05) is 56.3 Å². The molecule has 0 aliphatic carbocycles. The maximum Gasteiger partial charge on any atom is 0.270 e. The summed E-state index contributed by atoms with van der Waals surface area (Å²) < 4.78 is 7.12. The van der Waals surface area contributed by atoms with E-state index in [9.17, 15) is 9.59 Å². The second kappa shape index (κ2) is 9.42. The highest BCUT2D eigenvalue weighted by molar-refractivity contribution is 5.90. The number of amides is 2. The molecule has 8 heteroatoms. The Bertz CT molecular complexity index is 1070. The quantitative estimate of drug-likeness (QED) is 0.580. The molecule has 2 amide bonds. The van der Waals surface area contributed by atoms with Gasteiger partial charge in [0.2, 0.25) is 0 Å². The van der Waals surface area contributed by atoms with Gasteiger partial charge in [-0.3, -0.25) is 9.59 Å². The van der Waals surface area contributed by atoms with Gasteiger partial charge in [-0.05, 0) is 60.7 Å². The van der Waals surface area contributed by atoms with Gasteiger partial charge in [0, 0.05) is 0 Å². The van der Waals surface area contributed by atoms with Gasteiger partial charge < -0.3 is 15.8 Å². The van der Waals surface area contributed by atoms with E-state index >= 15 is 0 Å². The summed E-state index contributed by atoms with van der Waals surface area (Å²) in [5, 5.41) is 10.5. The van der Waals surface area contributed by atoms with Crippen LogP contribution in [0.5, 0.6) is 5.75 Å². The number of hydrogen-bond donors (Lipinski definition) is 2. The minimum atomic E-state index is -0.632. The molecule has 1 atom stereocenters. The van der Waals surface area contributed by atoms with Crippen LogP contribution in [0.25, 0.3) is 5.69 Å². The summed E-state index contributed by atoms with van der Waals surface area (Å²) in [5.41, 5.74) is 9.36. The minimum absolute atomic E-state index is 0.0578. The van der Waals surface area contributed by atoms with Gasteiger partial charge >= 0.3 is 0 Å². The van der Waals surface area contributed by atoms with Crippen molar-refractivity contribution < 1.29 is 14.3 Å². The van der Waals surface area contributed by atoms with E-state index in [0.717, 1.165) is 16.8 Å². The lowest BCUT2D eigenvalue weighted by Crippen LogP contribution is -2.31. The molecule has 3 N–H and O–H groups in total. The van der Waals surface area contributed by atoms with Crippen LogP contribution in [0.15, 0.2) is 48.7 Å². The van der Waals surface area contributed by atoms with Crippen LogP contribution in [-0.4, -0.2) is 33.4 Å². The number of rotatable bonds is 8. The van der Waals surface area contributed by atoms with Crippen molar-refractivity contribution >= 4 is 11.8 Å². The van der Waals surface area contributed by atoms with E-state index in [1.165, 1.54) is 16.4 Å². The Kier molecular flexibility index (Phi) is 6.69. The number of carbonyl (C=O) groups excluding carboxylic acids is 2. The Balaban J connectivity index is 1.55. The highest BCUT2D eigenvalue weighted by Crippen LogP contribution is 2.23. The first kappa shape index (κ1) is 22.0. The third kappa shape index (κ3) is 5.48. The molecule has 0 aliphatic heterocycles. The number of ether oxygens (including phenoxy) is 1. The fraction of sp³-hybridized carbons (Fsp3) is 0.304. The van der Waals surface area contributed by atoms with Crippen LogP contribution in [0.4, 0.5) is 0 Å². The molecule has 3 rings (SSSR count). The number of benzene rings is 2. The molecule has 2 aromatic carbocycles. The Hall–Kier alpha value is -3.68. The van der Waals surface area contributed by atoms with Crippen molar-refractivity contribution in [1.82, 2.24) is 20.3 Å². The molecule has 1 aromatic heterocycles. The summed E-state index contributed by atoms with van der Waals surface area (Å²) in [5.74, 6) is 0.286. The summed E-state index contributed by atoms with van der Waals surface area (Å²) in [6.45, 7) is 8.18. The van der Waals surface area contributed by atoms with E-state index < -0.39 is 5.91 Å². The molecule has 0 aliphatic rings. The van der Waals surface area contributed by atoms with Crippen LogP contribution in [0, 0.1) is 6.92 Å². The highest BCUT2D eigenvalue weighted by atomic mass is 16.5. The van der Waals surface area contributed by atoms with Crippen molar-refractivity contribution in [3.05, 3.63) is 71.0 Å². The minimum Gasteiger partial charge on any atom is -0.484 e. The molecule has 1 unspecified atom stereocenters. The van der Waals surface area contributed by atoms with E-state index in [2.05, 4.69) is 29.5 Å². The van der Waals surface area contributed by atoms with Gasteiger partial charge in [-0.25, -0.2) is 4.68 Å². The van der Waals surface area contributed by atoms with Crippen LogP contribution >= 0.6 is 0 Å². The smallest absolute Gasteiger partial charge is 0.270 e. The van der Waals surface area contributed by atoms with Crippen LogP contribution in [0.2, 0.25) is 0 Å². The number of primary amides is 1. The zero-order valence-electron chi connectivity index (χ0n) is 18.1. The number of carbonyl (C=O) groups is 2. The maximum absolute atomic E-state index is 12.3. The number of nitrogens with zero attached hydrogens (tertiary/aromatic N) is 3. The first-order valence-electron chi connectivity index (χ1n) is 10.1. The zero-order chi connectivity index (χ0) is 22.5. The Morgan fingerprint density at radius 1 is 1.13 bits per heavy atom. The molecule has 0 radical (unpaired) electrons. The van der Waals surface area contributed by atoms with Gasteiger partial charge in [0.15, 0.2) is 12.3 Å². The number of aryl methyl sites for hydroxylation is 1. The molecular weight excluding hydrogens is 394 g/mol. The van der Waals surface area contributed by atoms with Crippen molar-refractivity contribution in [3.8, 4) is 11.4 Å². The number of aromatic nitrogens is 3. The molecule has 1 heterocycles. The van der Waals surface area contributed by atoms with Crippen molar-refractivity contribution in [1.29, 1.82) is 0 Å². The lowest BCUT2D eigenvalue weighted by atomic mass is 9.98. The van der Waals surface area contributed by atoms with Gasteiger partial charge in [-0.15, -0.1) is 5.10 Å². The topological polar surface area (TPSA) is 112 Å². The number of nitrogens with one attached hydrogen (secondary N) is 1. The summed E-state index contributed by atoms with van der Waals surface area (Å²) in [6.07, 6.45) is 1.47. The lowest BCUT2D eigenvalue weighted by Gasteiger charge is -2.16. The molecule has 0 spiro atoms. The van der Waals surface area contributed by atoms with Crippen molar-refractivity contribution in [2.75, 3.05) is 6.61 Å². The van der Waals surface area contributed by atoms with Crippen molar-refractivity contribution in [3.63, 3.8) is 0 Å². The lowest BCUT2D eigenvalue weighted by molar-refractivity contribution is -0.123. The molecule has 31 heavy (non-hydrogen) atoms. The first-order chi connectivity index (χ1) is 14.7. The summed E-state index contributed by atoms with van der Waals surface area (Å²) in [4.78, 5) is 23.5. The van der Waals surface area contributed by atoms with Crippen LogP contribution < -0.4 is 15.8 Å². The third-order valence-electron chi connectivity index (χ3n) is 5.01. The first-order valence-corrected chi connectivity index (χ1v) is 10.1. The standard InChI is InChI=1S/C23H27N5O3/c1-14(2)20-10-9-19(11-15(20)3)31-13-22(29)25-16(4)17-5-7-18(8-6-17)28-12-21(23(24)30)26-27-28/h5-12,14,16H,13H2,1-4H3,(H2,24,30)(H,25,29). The predicted molar refractivity (Wildman–Crippen MR) is 117 cm³/mol. The van der Waals surface area contributed by atoms with Gasteiger partial charge in [-0.2, -0.15) is 0 Å². The molecule has 0 saturated heterocycles. The van der Waals surface area contributed by atoms with E-state index in [4.69, 9.17) is 10.5 Å². The van der Waals surface area contributed by atoms with Gasteiger partial charge in [0.1, 0.15) is 5.75 Å². The average molecular weight is 422 g/mol. The SMILES string of the molecule is Cc1cc(OCC(=O)NC(C)c2ccc(-n3cc(C(N)=O)nn3)cc2)ccc1C(C)C. The van der Waals surface area contributed by atoms with Gasteiger partial charge in [0.05, 0.1) is 17.9 Å². The monoisotopic (exact) mass is 421 g/mol. The molecule has 0 saturated carbocycles. The molecular formula is C23H27N5O3. The predicted octanol–water partition coefficient (Wildman–Crippen LogP) is 3.05. The molecule has 3 aromatic rings. The fourth-order valence-corrected chi connectivity index (χ4v) is 3.32. The number of nitrogens with two attached hydrogens (primary N) is 1. The Morgan fingerprint density at radius 3 is 2.42 bits per heavy atom. The summed E-state index contributed by atoms with van der Waals surface area (Å²) in [6, 6.07) is 13.1. The van der Waals surface area contributed by atoms with Crippen LogP contribution in [0.1, 0.15) is 59.9 Å². The highest BCUT2D eigenvalue weighted by Gasteiger charge is 2.12. The largest absolute Gasteiger partial charge is 0.484 e. The second-order valence-electron chi connectivity index (χ2n) is 7.76. The Labute approximate surface area is 181 Å². The van der Waals surface area contributed by atoms with Crippen LogP contribution in [-0.2, 0) is 4.79 Å². The Morgan fingerprint density at radius 2 is 1.84 bits per heavy atom. The number of hydrogen-bond acceptors (Lipinski definition) is 5. The van der Waals surface area contributed by atoms with Crippen molar-refractivity contribution in [2.45, 2.75) is 39.7 Å². The van der Waals surface area contributed by atoms with E-state index in [1.54, 1.807) is 0 Å². The summed E-state index contributed by atoms with van der Waals surface area (Å²) in [7, 11) is 0. The molecule has 0 fully saturated rings. The second-order valence-corrected chi connectivity index (χ2v) is 7.76. The molecule has 162 valence electrons. The van der Waals surface area contributed by atoms with Crippen molar-refractivity contribution in [2.24, 2.45) is 5.73 Å². The van der Waals surface area contributed by atoms with E-state index in [0.29, 0.717) is 11.7 Å². The maximum atomic E-state index is 12.3. The average Bonchev–Trinajstić information content (AvgIpc) is 3.23. The van der Waals surface area contributed by atoms with E-state index in [-0.39, 0.29) is 24.2 Å². The summed E-state index contributed by atoms with van der Waals surface area (Å²) >= 11 is 0. The third-order valence-corrected chi connectivity index (χ3v) is 5.01. The van der Waals surface area contributed by atoms with Gasteiger partial charge in [0.25, 0.3) is 11.8 Å². The normalized spacial score (nSPS) is 11.9. The molecule has 8 nitrogen and oxygen atoms in total. The molecule has 0 bridgehead atoms. The van der Waals surface area contributed by atoms with Gasteiger partial charge in [-0.1, -0.05) is 37.3 Å². The zero-order valence-corrected chi connectivity index (χ0v) is 18.1. The fourth-order valence-electron chi connectivity index (χ4n) is 3.32.